The summed E-state index contributed by atoms with van der Waals surface area (Å²) in [5, 5.41) is 2.74. The molecule has 0 unspecified atom stereocenters. The molecule has 2 aromatic carbocycles. The predicted molar refractivity (Wildman–Crippen MR) is 149 cm³/mol. The van der Waals surface area contributed by atoms with Crippen molar-refractivity contribution < 1.29 is 32.3 Å². The molecule has 1 saturated heterocycles. The lowest BCUT2D eigenvalue weighted by Crippen LogP contribution is -2.52. The summed E-state index contributed by atoms with van der Waals surface area (Å²) in [6, 6.07) is 10.7. The smallest absolute Gasteiger partial charge is 0.414 e. The Morgan fingerprint density at radius 3 is 2.20 bits per heavy atom. The third kappa shape index (κ3) is 8.03. The molecule has 0 spiro atoms. The molecule has 218 valence electrons. The van der Waals surface area contributed by atoms with Crippen LogP contribution in [0.4, 0.5) is 4.79 Å². The van der Waals surface area contributed by atoms with Gasteiger partial charge in [-0.1, -0.05) is 24.3 Å². The Balaban J connectivity index is 1.79. The van der Waals surface area contributed by atoms with Gasteiger partial charge in [0.1, 0.15) is 23.4 Å². The van der Waals surface area contributed by atoms with E-state index in [1.165, 1.54) is 21.3 Å². The fourth-order valence-corrected chi connectivity index (χ4v) is 5.83. The van der Waals surface area contributed by atoms with E-state index >= 15 is 0 Å². The number of nitrogens with zero attached hydrogens (tertiary/aromatic N) is 2. The summed E-state index contributed by atoms with van der Waals surface area (Å²) in [7, 11) is -0.815. The molecule has 0 radical (unpaired) electrons. The van der Waals surface area contributed by atoms with Gasteiger partial charge in [-0.2, -0.15) is 4.31 Å². The Kier molecular flexibility index (Phi) is 9.93. The minimum absolute atomic E-state index is 0.0724. The van der Waals surface area contributed by atoms with Crippen LogP contribution in [0.25, 0.3) is 0 Å². The van der Waals surface area contributed by atoms with E-state index in [-0.39, 0.29) is 24.4 Å². The van der Waals surface area contributed by atoms with Crippen LogP contribution in [0, 0.1) is 0 Å². The number of carbonyl (C=O) groups excluding carboxylic acids is 3. The maximum absolute atomic E-state index is 13.4. The van der Waals surface area contributed by atoms with Crippen molar-refractivity contribution in [1.82, 2.24) is 14.5 Å². The van der Waals surface area contributed by atoms with Crippen molar-refractivity contribution in [2.24, 2.45) is 5.73 Å². The molecule has 0 saturated carbocycles. The maximum Gasteiger partial charge on any atom is 0.414 e. The van der Waals surface area contributed by atoms with Gasteiger partial charge in [0, 0.05) is 33.6 Å². The second-order valence-corrected chi connectivity index (χ2v) is 12.7. The maximum atomic E-state index is 13.4. The van der Waals surface area contributed by atoms with Gasteiger partial charge in [0.25, 0.3) is 0 Å². The van der Waals surface area contributed by atoms with E-state index < -0.39 is 45.7 Å². The van der Waals surface area contributed by atoms with Crippen LogP contribution in [0.5, 0.6) is 5.75 Å². The summed E-state index contributed by atoms with van der Waals surface area (Å²) in [5.41, 5.74) is 6.29. The van der Waals surface area contributed by atoms with E-state index in [4.69, 9.17) is 15.2 Å². The van der Waals surface area contributed by atoms with Crippen molar-refractivity contribution >= 4 is 28.0 Å². The van der Waals surface area contributed by atoms with Crippen LogP contribution in [0.2, 0.25) is 0 Å². The third-order valence-electron chi connectivity index (χ3n) is 6.21. The van der Waals surface area contributed by atoms with E-state index in [0.717, 1.165) is 5.56 Å². The molecule has 1 aliphatic rings. The number of amides is 2. The van der Waals surface area contributed by atoms with Crippen LogP contribution in [0.15, 0.2) is 53.4 Å². The Hall–Kier alpha value is -3.48. The van der Waals surface area contributed by atoms with Crippen molar-refractivity contribution in [2.75, 3.05) is 20.6 Å². The summed E-state index contributed by atoms with van der Waals surface area (Å²) < 4.78 is 38.7. The highest BCUT2D eigenvalue weighted by Crippen LogP contribution is 2.27. The summed E-state index contributed by atoms with van der Waals surface area (Å²) >= 11 is 0. The lowest BCUT2D eigenvalue weighted by Gasteiger charge is -2.28. The van der Waals surface area contributed by atoms with Crippen LogP contribution in [-0.4, -0.2) is 73.9 Å². The van der Waals surface area contributed by atoms with Crippen LogP contribution in [0.1, 0.15) is 44.7 Å². The molecular weight excluding hydrogens is 536 g/mol. The van der Waals surface area contributed by atoms with Gasteiger partial charge >= 0.3 is 12.1 Å². The second kappa shape index (κ2) is 12.8. The van der Waals surface area contributed by atoms with Crippen molar-refractivity contribution in [1.29, 1.82) is 0 Å². The molecule has 1 fully saturated rings. The normalized spacial score (nSPS) is 16.7. The number of ether oxygens (including phenoxy) is 2. The average molecular weight is 575 g/mol. The zero-order valence-corrected chi connectivity index (χ0v) is 24.4. The van der Waals surface area contributed by atoms with E-state index in [2.05, 4.69) is 5.32 Å². The first-order chi connectivity index (χ1) is 18.7. The van der Waals surface area contributed by atoms with Gasteiger partial charge in [0.2, 0.25) is 15.9 Å². The fraction of sp³-hybridized carbons (Fsp3) is 0.464. The first kappa shape index (κ1) is 31.1. The monoisotopic (exact) mass is 574 g/mol. The van der Waals surface area contributed by atoms with Gasteiger partial charge in [0.05, 0.1) is 4.90 Å². The zero-order valence-electron chi connectivity index (χ0n) is 23.5. The highest BCUT2D eigenvalue weighted by molar-refractivity contribution is 7.89. The fourth-order valence-electron chi connectivity index (χ4n) is 4.18. The number of nitrogens with one attached hydrogen (secondary N) is 1. The molecule has 0 aliphatic carbocycles. The Bertz CT molecular complexity index is 1300. The van der Waals surface area contributed by atoms with Gasteiger partial charge in [-0.25, -0.2) is 18.0 Å². The Morgan fingerprint density at radius 1 is 1.05 bits per heavy atom. The number of rotatable bonds is 9. The van der Waals surface area contributed by atoms with Gasteiger partial charge in [0.15, 0.2) is 0 Å². The standard InChI is InChI=1S/C28H38N4O7S/c1-28(2,3)39-26(34)23(17-19-8-12-21(13-9-19)38-27(35)31(4)5)30-25(33)24-7-6-16-32(24)40(36,37)22-14-10-20(18-29)11-15-22/h8-15,23-24H,6-7,16-18,29H2,1-5H3,(H,30,33)/t23-,24-/m0/s1. The minimum Gasteiger partial charge on any atom is -0.458 e. The van der Waals surface area contributed by atoms with Crippen molar-refractivity contribution in [3.8, 4) is 5.75 Å². The zero-order chi connectivity index (χ0) is 29.7. The molecule has 1 heterocycles. The van der Waals surface area contributed by atoms with E-state index in [0.29, 0.717) is 24.2 Å². The third-order valence-corrected chi connectivity index (χ3v) is 8.14. The molecule has 0 aromatic heterocycles. The van der Waals surface area contributed by atoms with E-state index in [9.17, 15) is 22.8 Å². The topological polar surface area (TPSA) is 148 Å². The quantitative estimate of drug-likeness (QED) is 0.434. The van der Waals surface area contributed by atoms with Gasteiger partial charge in [-0.15, -0.1) is 0 Å². The molecule has 12 heteroatoms. The van der Waals surface area contributed by atoms with E-state index in [1.54, 1.807) is 71.3 Å². The summed E-state index contributed by atoms with van der Waals surface area (Å²) in [6.45, 7) is 5.63. The summed E-state index contributed by atoms with van der Waals surface area (Å²) in [6.07, 6.45) is 0.377. The Morgan fingerprint density at radius 2 is 1.65 bits per heavy atom. The highest BCUT2D eigenvalue weighted by Gasteiger charge is 2.41. The molecule has 2 aromatic rings. The SMILES string of the molecule is CN(C)C(=O)Oc1ccc(C[C@H](NC(=O)[C@@H]2CCCN2S(=O)(=O)c2ccc(CN)cc2)C(=O)OC(C)(C)C)cc1. The van der Waals surface area contributed by atoms with Gasteiger partial charge in [-0.05, 0) is 69.0 Å². The molecule has 40 heavy (non-hydrogen) atoms. The van der Waals surface area contributed by atoms with E-state index in [1.807, 2.05) is 0 Å². The minimum atomic E-state index is -3.95. The predicted octanol–water partition coefficient (Wildman–Crippen LogP) is 2.43. The van der Waals surface area contributed by atoms with Crippen LogP contribution >= 0.6 is 0 Å². The van der Waals surface area contributed by atoms with Crippen LogP contribution in [-0.2, 0) is 37.3 Å². The summed E-state index contributed by atoms with van der Waals surface area (Å²) in [5.74, 6) is -0.896. The molecule has 2 atom stereocenters. The molecule has 3 rings (SSSR count). The number of nitrogens with two attached hydrogens (primary N) is 1. The van der Waals surface area contributed by atoms with Gasteiger partial charge in [-0.3, -0.25) is 4.79 Å². The number of esters is 1. The number of hydrogen-bond acceptors (Lipinski definition) is 8. The molecule has 2 amide bonds. The number of sulfonamides is 1. The highest BCUT2D eigenvalue weighted by atomic mass is 32.2. The van der Waals surface area contributed by atoms with Crippen molar-refractivity contribution in [2.45, 2.75) is 69.2 Å². The largest absolute Gasteiger partial charge is 0.458 e. The molecule has 3 N–H and O–H groups in total. The molecular formula is C28H38N4O7S. The number of hydrogen-bond donors (Lipinski definition) is 2. The molecule has 1 aliphatic heterocycles. The number of benzene rings is 2. The molecule has 0 bridgehead atoms. The van der Waals surface area contributed by atoms with Crippen LogP contribution < -0.4 is 15.8 Å². The van der Waals surface area contributed by atoms with Crippen LogP contribution in [0.3, 0.4) is 0 Å². The molecule has 11 nitrogen and oxygen atoms in total. The first-order valence-electron chi connectivity index (χ1n) is 13.0. The lowest BCUT2D eigenvalue weighted by atomic mass is 10.0. The first-order valence-corrected chi connectivity index (χ1v) is 14.5. The van der Waals surface area contributed by atoms with Crippen molar-refractivity contribution in [3.05, 3.63) is 59.7 Å². The average Bonchev–Trinajstić information content (AvgIpc) is 3.39. The van der Waals surface area contributed by atoms with Gasteiger partial charge < -0.3 is 25.4 Å². The Labute approximate surface area is 235 Å². The second-order valence-electron chi connectivity index (χ2n) is 10.8. The lowest BCUT2D eigenvalue weighted by molar-refractivity contribution is -0.158. The number of carbonyl (C=O) groups is 3. The summed E-state index contributed by atoms with van der Waals surface area (Å²) in [4.78, 5) is 39.7. The van der Waals surface area contributed by atoms with Crippen molar-refractivity contribution in [3.63, 3.8) is 0 Å².